The SMILES string of the molecule is CON1C(=O)NC(=O)C2C(=C3CCC(Cc4ccccc4)C3)N=c3ccccc3=C21. The van der Waals surface area contributed by atoms with Crippen LogP contribution in [0.2, 0.25) is 0 Å². The molecule has 2 fully saturated rings. The molecule has 1 saturated heterocycles. The smallest absolute Gasteiger partial charge is 0.275 e. The van der Waals surface area contributed by atoms with Gasteiger partial charge in [-0.25, -0.2) is 4.79 Å². The first-order chi connectivity index (χ1) is 14.7. The zero-order valence-electron chi connectivity index (χ0n) is 16.8. The number of rotatable bonds is 3. The molecule has 2 aromatic rings. The molecule has 2 heterocycles. The summed E-state index contributed by atoms with van der Waals surface area (Å²) in [5, 5.41) is 5.14. The predicted octanol–water partition coefficient (Wildman–Crippen LogP) is 2.45. The van der Waals surface area contributed by atoms with E-state index in [9.17, 15) is 9.59 Å². The maximum absolute atomic E-state index is 12.9. The van der Waals surface area contributed by atoms with E-state index in [2.05, 4.69) is 29.6 Å². The number of amides is 3. The van der Waals surface area contributed by atoms with Crippen LogP contribution in [-0.4, -0.2) is 24.1 Å². The zero-order valence-corrected chi connectivity index (χ0v) is 16.8. The normalized spacial score (nSPS) is 25.5. The monoisotopic (exact) mass is 401 g/mol. The lowest BCUT2D eigenvalue weighted by Gasteiger charge is -2.35. The molecule has 0 radical (unpaired) electrons. The van der Waals surface area contributed by atoms with Gasteiger partial charge in [0.2, 0.25) is 5.91 Å². The van der Waals surface area contributed by atoms with Gasteiger partial charge in [-0.3, -0.25) is 19.9 Å². The third-order valence-corrected chi connectivity index (χ3v) is 6.16. The number of benzene rings is 2. The molecule has 6 nitrogen and oxygen atoms in total. The Labute approximate surface area is 174 Å². The molecule has 2 unspecified atom stereocenters. The van der Waals surface area contributed by atoms with Crippen molar-refractivity contribution in [3.05, 3.63) is 82.0 Å². The van der Waals surface area contributed by atoms with Crippen LogP contribution in [0.25, 0.3) is 5.70 Å². The molecule has 3 aliphatic rings. The van der Waals surface area contributed by atoms with Crippen molar-refractivity contribution in [2.75, 3.05) is 7.11 Å². The largest absolute Gasteiger partial charge is 0.352 e. The number of allylic oxidation sites excluding steroid dienone is 1. The molecule has 5 rings (SSSR count). The standard InChI is InChI=1S/C24H23N3O3/c1-30-27-22-18-9-5-6-10-19(18)25-21(20(22)23(28)26-24(27)29)17-12-11-16(14-17)13-15-7-3-2-4-8-15/h2-10,16,20H,11-14H2,1H3,(H,26,28,29). The Morgan fingerprint density at radius 2 is 1.87 bits per heavy atom. The van der Waals surface area contributed by atoms with Crippen LogP contribution in [-0.2, 0) is 16.1 Å². The third-order valence-electron chi connectivity index (χ3n) is 6.16. The summed E-state index contributed by atoms with van der Waals surface area (Å²) in [7, 11) is 1.44. The number of hydrogen-bond donors (Lipinski definition) is 1. The lowest BCUT2D eigenvalue weighted by molar-refractivity contribution is -0.126. The summed E-state index contributed by atoms with van der Waals surface area (Å²) >= 11 is 0. The van der Waals surface area contributed by atoms with E-state index < -0.39 is 11.9 Å². The molecular weight excluding hydrogens is 378 g/mol. The maximum atomic E-state index is 12.9. The molecular formula is C24H23N3O3. The number of nitrogens with one attached hydrogen (secondary N) is 1. The van der Waals surface area contributed by atoms with Gasteiger partial charge in [-0.1, -0.05) is 48.5 Å². The first-order valence-electron chi connectivity index (χ1n) is 10.3. The van der Waals surface area contributed by atoms with Crippen LogP contribution in [0.15, 0.2) is 70.9 Å². The summed E-state index contributed by atoms with van der Waals surface area (Å²) in [4.78, 5) is 35.6. The first-order valence-corrected chi connectivity index (χ1v) is 10.3. The number of hydroxylamine groups is 2. The van der Waals surface area contributed by atoms with Crippen LogP contribution in [0.5, 0.6) is 0 Å². The van der Waals surface area contributed by atoms with E-state index in [0.29, 0.717) is 11.6 Å². The molecule has 1 saturated carbocycles. The van der Waals surface area contributed by atoms with E-state index in [1.165, 1.54) is 23.3 Å². The highest BCUT2D eigenvalue weighted by molar-refractivity contribution is 6.07. The molecule has 152 valence electrons. The third kappa shape index (κ3) is 3.13. The Kier molecular flexibility index (Phi) is 4.71. The van der Waals surface area contributed by atoms with Crippen LogP contribution in [0.4, 0.5) is 4.79 Å². The van der Waals surface area contributed by atoms with E-state index in [-0.39, 0.29) is 5.91 Å². The molecule has 30 heavy (non-hydrogen) atoms. The van der Waals surface area contributed by atoms with Gasteiger partial charge in [-0.2, -0.15) is 5.06 Å². The summed E-state index contributed by atoms with van der Waals surface area (Å²) < 4.78 is 0. The average molecular weight is 401 g/mol. The van der Waals surface area contributed by atoms with E-state index in [1.807, 2.05) is 30.3 Å². The first kappa shape index (κ1) is 18.8. The van der Waals surface area contributed by atoms with E-state index in [0.717, 1.165) is 42.0 Å². The van der Waals surface area contributed by atoms with E-state index in [4.69, 9.17) is 9.83 Å². The number of fused-ring (bicyclic) bond motifs is 2. The van der Waals surface area contributed by atoms with Gasteiger partial charge in [0.05, 0.1) is 23.9 Å². The fourth-order valence-corrected chi connectivity index (χ4v) is 4.83. The van der Waals surface area contributed by atoms with Gasteiger partial charge < -0.3 is 0 Å². The van der Waals surface area contributed by atoms with Crippen molar-refractivity contribution in [2.45, 2.75) is 25.7 Å². The Morgan fingerprint density at radius 3 is 2.67 bits per heavy atom. The molecule has 3 amide bonds. The second-order valence-corrected chi connectivity index (χ2v) is 8.01. The van der Waals surface area contributed by atoms with Gasteiger partial charge >= 0.3 is 6.03 Å². The minimum Gasteiger partial charge on any atom is -0.275 e. The fraction of sp³-hybridized carbons (Fsp3) is 0.292. The van der Waals surface area contributed by atoms with E-state index >= 15 is 0 Å². The molecule has 1 N–H and O–H groups in total. The van der Waals surface area contributed by atoms with Crippen molar-refractivity contribution in [3.63, 3.8) is 0 Å². The second kappa shape index (κ2) is 7.54. The highest BCUT2D eigenvalue weighted by Gasteiger charge is 2.43. The minimum absolute atomic E-state index is 0.337. The number of para-hydroxylation sites is 1. The van der Waals surface area contributed by atoms with Crippen LogP contribution in [0.1, 0.15) is 24.8 Å². The van der Waals surface area contributed by atoms with E-state index in [1.54, 1.807) is 0 Å². The van der Waals surface area contributed by atoms with Gasteiger partial charge in [0.25, 0.3) is 0 Å². The van der Waals surface area contributed by atoms with Gasteiger partial charge in [-0.15, -0.1) is 0 Å². The average Bonchev–Trinajstić information content (AvgIpc) is 3.22. The van der Waals surface area contributed by atoms with Crippen molar-refractivity contribution in [2.24, 2.45) is 16.8 Å². The summed E-state index contributed by atoms with van der Waals surface area (Å²) in [6.45, 7) is 0. The Bertz CT molecular complexity index is 1170. The number of urea groups is 1. The molecule has 0 aromatic heterocycles. The van der Waals surface area contributed by atoms with Crippen molar-refractivity contribution in [1.82, 2.24) is 10.4 Å². The Balaban J connectivity index is 1.58. The van der Waals surface area contributed by atoms with Crippen LogP contribution < -0.4 is 15.9 Å². The summed E-state index contributed by atoms with van der Waals surface area (Å²) in [5.74, 6) is -0.448. The molecule has 2 atom stereocenters. The number of carbonyl (C=O) groups is 2. The lowest BCUT2D eigenvalue weighted by atomic mass is 9.89. The second-order valence-electron chi connectivity index (χ2n) is 8.01. The molecule has 0 bridgehead atoms. The molecule has 2 aromatic carbocycles. The van der Waals surface area contributed by atoms with Crippen LogP contribution in [0.3, 0.4) is 0 Å². The lowest BCUT2D eigenvalue weighted by Crippen LogP contribution is -2.56. The summed E-state index contributed by atoms with van der Waals surface area (Å²) in [6, 6.07) is 17.5. The highest BCUT2D eigenvalue weighted by atomic mass is 16.7. The van der Waals surface area contributed by atoms with Crippen molar-refractivity contribution in [1.29, 1.82) is 0 Å². The Hall–Kier alpha value is -3.25. The quantitative estimate of drug-likeness (QED) is 0.859. The molecule has 2 aliphatic heterocycles. The number of imide groups is 1. The fourth-order valence-electron chi connectivity index (χ4n) is 4.83. The predicted molar refractivity (Wildman–Crippen MR) is 111 cm³/mol. The number of carbonyl (C=O) groups excluding carboxylic acids is 2. The number of hydrogen-bond acceptors (Lipinski definition) is 4. The van der Waals surface area contributed by atoms with Gasteiger partial charge in [0.1, 0.15) is 5.92 Å². The highest BCUT2D eigenvalue weighted by Crippen LogP contribution is 2.40. The molecule has 0 spiro atoms. The topological polar surface area (TPSA) is 71.0 Å². The Morgan fingerprint density at radius 1 is 1.10 bits per heavy atom. The zero-order chi connectivity index (χ0) is 20.7. The van der Waals surface area contributed by atoms with Crippen molar-refractivity contribution < 1.29 is 14.4 Å². The van der Waals surface area contributed by atoms with Crippen LogP contribution in [0, 0.1) is 11.8 Å². The summed E-state index contributed by atoms with van der Waals surface area (Å²) in [6.07, 6.45) is 3.91. The minimum atomic E-state index is -0.636. The van der Waals surface area contributed by atoms with Crippen molar-refractivity contribution >= 4 is 17.6 Å². The van der Waals surface area contributed by atoms with Gasteiger partial charge in [0, 0.05) is 5.22 Å². The molecule has 1 aliphatic carbocycles. The van der Waals surface area contributed by atoms with Crippen LogP contribution >= 0.6 is 0 Å². The van der Waals surface area contributed by atoms with Gasteiger partial charge in [0.15, 0.2) is 0 Å². The molecule has 6 heteroatoms. The van der Waals surface area contributed by atoms with Gasteiger partial charge in [-0.05, 0) is 48.8 Å². The van der Waals surface area contributed by atoms with Crippen molar-refractivity contribution in [3.8, 4) is 0 Å². The summed E-state index contributed by atoms with van der Waals surface area (Å²) in [5.41, 5.74) is 3.86. The number of nitrogens with zero attached hydrogens (tertiary/aromatic N) is 2. The maximum Gasteiger partial charge on any atom is 0.352 e.